The van der Waals surface area contributed by atoms with Gasteiger partial charge in [0.15, 0.2) is 0 Å². The summed E-state index contributed by atoms with van der Waals surface area (Å²) in [5.41, 5.74) is 1.72. The van der Waals surface area contributed by atoms with Gasteiger partial charge in [0.1, 0.15) is 11.9 Å². The first kappa shape index (κ1) is 19.8. The Kier molecular flexibility index (Phi) is 6.60. The largest absolute Gasteiger partial charge is 0.513 e. The van der Waals surface area contributed by atoms with Gasteiger partial charge in [-0.3, -0.25) is 4.79 Å². The van der Waals surface area contributed by atoms with Gasteiger partial charge in [-0.15, -0.1) is 0 Å². The van der Waals surface area contributed by atoms with Gasteiger partial charge in [0.2, 0.25) is 0 Å². The van der Waals surface area contributed by atoms with Crippen LogP contribution < -0.4 is 4.74 Å². The number of aliphatic carboxylic acids is 1. The molecule has 142 valence electrons. The molecule has 0 spiro atoms. The number of carboxylic acid groups (broad SMARTS) is 1. The van der Waals surface area contributed by atoms with Crippen LogP contribution in [0.1, 0.15) is 54.1 Å². The molecule has 1 saturated carbocycles. The minimum atomic E-state index is -0.793. The van der Waals surface area contributed by atoms with Crippen molar-refractivity contribution in [1.82, 2.24) is 0 Å². The summed E-state index contributed by atoms with van der Waals surface area (Å²) < 4.78 is 15.4. The van der Waals surface area contributed by atoms with Gasteiger partial charge in [0, 0.05) is 0 Å². The second-order valence-corrected chi connectivity index (χ2v) is 6.36. The van der Waals surface area contributed by atoms with Crippen molar-refractivity contribution in [1.29, 1.82) is 0 Å². The average Bonchev–Trinajstić information content (AvgIpc) is 2.59. The maximum atomic E-state index is 12.5. The first-order chi connectivity index (χ1) is 12.3. The van der Waals surface area contributed by atoms with E-state index in [0.717, 1.165) is 0 Å². The van der Waals surface area contributed by atoms with Gasteiger partial charge >= 0.3 is 18.1 Å². The van der Waals surface area contributed by atoms with Crippen molar-refractivity contribution in [3.8, 4) is 5.75 Å². The van der Waals surface area contributed by atoms with Crippen molar-refractivity contribution < 1.29 is 33.7 Å². The van der Waals surface area contributed by atoms with E-state index in [0.29, 0.717) is 48.1 Å². The molecule has 0 unspecified atom stereocenters. The van der Waals surface area contributed by atoms with Crippen molar-refractivity contribution in [3.05, 3.63) is 28.8 Å². The van der Waals surface area contributed by atoms with E-state index < -0.39 is 18.1 Å². The highest BCUT2D eigenvalue weighted by Gasteiger charge is 2.28. The molecule has 1 aliphatic rings. The Bertz CT molecular complexity index is 687. The molecule has 1 aromatic carbocycles. The zero-order valence-corrected chi connectivity index (χ0v) is 15.2. The van der Waals surface area contributed by atoms with Crippen LogP contribution in [0.3, 0.4) is 0 Å². The molecule has 1 aliphatic carbocycles. The number of hydrogen-bond acceptors (Lipinski definition) is 6. The molecule has 1 aromatic rings. The van der Waals surface area contributed by atoms with E-state index >= 15 is 0 Å². The third-order valence-electron chi connectivity index (χ3n) is 4.71. The van der Waals surface area contributed by atoms with Gasteiger partial charge in [-0.2, -0.15) is 0 Å². The van der Waals surface area contributed by atoms with E-state index in [1.54, 1.807) is 26.8 Å². The summed E-state index contributed by atoms with van der Waals surface area (Å²) in [6.45, 7) is 5.40. The molecule has 0 radical (unpaired) electrons. The molecule has 0 aliphatic heterocycles. The second-order valence-electron chi connectivity index (χ2n) is 6.36. The molecule has 7 heteroatoms. The fraction of sp³-hybridized carbons (Fsp3) is 0.526. The van der Waals surface area contributed by atoms with Gasteiger partial charge < -0.3 is 19.3 Å². The zero-order chi connectivity index (χ0) is 19.3. The third kappa shape index (κ3) is 4.74. The molecular formula is C19H24O7. The summed E-state index contributed by atoms with van der Waals surface area (Å²) in [6.07, 6.45) is 1.05. The summed E-state index contributed by atoms with van der Waals surface area (Å²) in [6, 6.07) is 3.10. The third-order valence-corrected chi connectivity index (χ3v) is 4.71. The Balaban J connectivity index is 2.02. The second kappa shape index (κ2) is 8.69. The number of hydrogen-bond donors (Lipinski definition) is 1. The Morgan fingerprint density at radius 2 is 1.73 bits per heavy atom. The number of carbonyl (C=O) groups is 3. The van der Waals surface area contributed by atoms with Gasteiger partial charge in [0.05, 0.1) is 18.1 Å². The number of ether oxygens (including phenoxy) is 3. The van der Waals surface area contributed by atoms with Crippen LogP contribution in [0.4, 0.5) is 4.79 Å². The first-order valence-corrected chi connectivity index (χ1v) is 8.72. The minimum absolute atomic E-state index is 0.214. The van der Waals surface area contributed by atoms with Crippen LogP contribution in [0.2, 0.25) is 0 Å². The average molecular weight is 364 g/mol. The minimum Gasteiger partial charge on any atom is -0.481 e. The van der Waals surface area contributed by atoms with Crippen molar-refractivity contribution in [2.45, 2.75) is 52.6 Å². The normalized spacial score (nSPS) is 19.5. The molecule has 0 aromatic heterocycles. The van der Waals surface area contributed by atoms with E-state index in [1.165, 1.54) is 6.07 Å². The summed E-state index contributed by atoms with van der Waals surface area (Å²) >= 11 is 0. The Morgan fingerprint density at radius 1 is 1.08 bits per heavy atom. The van der Waals surface area contributed by atoms with Gasteiger partial charge in [0.25, 0.3) is 0 Å². The van der Waals surface area contributed by atoms with Gasteiger partial charge in [-0.05, 0) is 69.7 Å². The summed E-state index contributed by atoms with van der Waals surface area (Å²) in [4.78, 5) is 34.9. The fourth-order valence-electron chi connectivity index (χ4n) is 3.01. The molecular weight excluding hydrogens is 340 g/mol. The van der Waals surface area contributed by atoms with Crippen molar-refractivity contribution in [2.75, 3.05) is 6.61 Å². The first-order valence-electron chi connectivity index (χ1n) is 8.72. The highest BCUT2D eigenvalue weighted by Crippen LogP contribution is 2.29. The SMILES string of the molecule is CCOC(=O)Oc1ccc(C(=O)OC2CCC(C(=O)O)CC2)c(C)c1C. The van der Waals surface area contributed by atoms with Crippen LogP contribution in [-0.4, -0.2) is 35.9 Å². The molecule has 0 saturated heterocycles. The Labute approximate surface area is 152 Å². The van der Waals surface area contributed by atoms with Crippen LogP contribution in [0.25, 0.3) is 0 Å². The van der Waals surface area contributed by atoms with E-state index in [-0.39, 0.29) is 18.6 Å². The topological polar surface area (TPSA) is 99.1 Å². The van der Waals surface area contributed by atoms with Crippen LogP contribution in [0.15, 0.2) is 12.1 Å². The number of rotatable bonds is 5. The molecule has 2 rings (SSSR count). The summed E-state index contributed by atoms with van der Waals surface area (Å²) in [7, 11) is 0. The lowest BCUT2D eigenvalue weighted by Gasteiger charge is -2.26. The molecule has 26 heavy (non-hydrogen) atoms. The molecule has 0 heterocycles. The van der Waals surface area contributed by atoms with E-state index in [9.17, 15) is 14.4 Å². The fourth-order valence-corrected chi connectivity index (χ4v) is 3.01. The number of benzene rings is 1. The predicted octanol–water partition coefficient (Wildman–Crippen LogP) is 3.64. The van der Waals surface area contributed by atoms with E-state index in [4.69, 9.17) is 19.3 Å². The maximum absolute atomic E-state index is 12.5. The summed E-state index contributed by atoms with van der Waals surface area (Å²) in [5.74, 6) is -1.27. The molecule has 1 N–H and O–H groups in total. The highest BCUT2D eigenvalue weighted by molar-refractivity contribution is 5.92. The smallest absolute Gasteiger partial charge is 0.481 e. The van der Waals surface area contributed by atoms with Crippen LogP contribution in [0.5, 0.6) is 5.75 Å². The van der Waals surface area contributed by atoms with E-state index in [1.807, 2.05) is 0 Å². The Hall–Kier alpha value is -2.57. The predicted molar refractivity (Wildman–Crippen MR) is 92.4 cm³/mol. The maximum Gasteiger partial charge on any atom is 0.513 e. The molecule has 1 fully saturated rings. The highest BCUT2D eigenvalue weighted by atomic mass is 16.7. The monoisotopic (exact) mass is 364 g/mol. The van der Waals surface area contributed by atoms with Crippen LogP contribution in [0, 0.1) is 19.8 Å². The number of carbonyl (C=O) groups excluding carboxylic acids is 2. The standard InChI is InChI=1S/C19H24O7/c1-4-24-19(23)26-16-10-9-15(11(2)12(16)3)18(22)25-14-7-5-13(6-8-14)17(20)21/h9-10,13-14H,4-8H2,1-3H3,(H,20,21). The van der Waals surface area contributed by atoms with Crippen LogP contribution >= 0.6 is 0 Å². The lowest BCUT2D eigenvalue weighted by Crippen LogP contribution is -2.28. The molecule has 0 atom stereocenters. The van der Waals surface area contributed by atoms with Crippen molar-refractivity contribution in [3.63, 3.8) is 0 Å². The zero-order valence-electron chi connectivity index (χ0n) is 15.2. The Morgan fingerprint density at radius 3 is 2.31 bits per heavy atom. The van der Waals surface area contributed by atoms with Gasteiger partial charge in [-0.25, -0.2) is 9.59 Å². The number of esters is 1. The van der Waals surface area contributed by atoms with Crippen LogP contribution in [-0.2, 0) is 14.3 Å². The number of carboxylic acids is 1. The molecule has 0 bridgehead atoms. The summed E-state index contributed by atoms with van der Waals surface area (Å²) in [5, 5.41) is 9.02. The van der Waals surface area contributed by atoms with Gasteiger partial charge in [-0.1, -0.05) is 0 Å². The lowest BCUT2D eigenvalue weighted by atomic mass is 9.87. The van der Waals surface area contributed by atoms with Crippen molar-refractivity contribution >= 4 is 18.1 Å². The lowest BCUT2D eigenvalue weighted by molar-refractivity contribution is -0.143. The quantitative estimate of drug-likeness (QED) is 0.629. The van der Waals surface area contributed by atoms with Crippen molar-refractivity contribution in [2.24, 2.45) is 5.92 Å². The van der Waals surface area contributed by atoms with E-state index in [2.05, 4.69) is 0 Å². The molecule has 0 amide bonds. The molecule has 7 nitrogen and oxygen atoms in total.